The van der Waals surface area contributed by atoms with Gasteiger partial charge in [0.15, 0.2) is 0 Å². The number of aromatic nitrogens is 1. The van der Waals surface area contributed by atoms with E-state index in [2.05, 4.69) is 10.3 Å². The second kappa shape index (κ2) is 8.11. The molecule has 1 aromatic heterocycles. The van der Waals surface area contributed by atoms with Crippen molar-refractivity contribution in [3.8, 4) is 5.75 Å². The molecule has 132 valence electrons. The Bertz CT molecular complexity index is 732. The van der Waals surface area contributed by atoms with Gasteiger partial charge in [0.25, 0.3) is 0 Å². The van der Waals surface area contributed by atoms with Gasteiger partial charge in [0.1, 0.15) is 23.4 Å². The first kappa shape index (κ1) is 17.4. The molecule has 2 amide bonds. The standard InChI is InChI=1S/C18H21N3O3S/c1-13-18(23)19-8-5-9-21(13)17(22)10-14-12-25-16(20-14)11-24-15-6-3-2-4-7-15/h2-4,6-7,12-13H,5,8-11H2,1H3,(H,19,23)/t13-/m0/s1. The van der Waals surface area contributed by atoms with Crippen LogP contribution in [0.4, 0.5) is 0 Å². The number of ether oxygens (including phenoxy) is 1. The Balaban J connectivity index is 1.57. The van der Waals surface area contributed by atoms with Gasteiger partial charge in [-0.2, -0.15) is 0 Å². The van der Waals surface area contributed by atoms with E-state index in [0.717, 1.165) is 22.9 Å². The topological polar surface area (TPSA) is 71.5 Å². The number of para-hydroxylation sites is 1. The van der Waals surface area contributed by atoms with Crippen LogP contribution < -0.4 is 10.1 Å². The third kappa shape index (κ3) is 4.57. The fourth-order valence-corrected chi connectivity index (χ4v) is 3.40. The van der Waals surface area contributed by atoms with Crippen LogP contribution in [0.3, 0.4) is 0 Å². The van der Waals surface area contributed by atoms with E-state index in [0.29, 0.717) is 19.7 Å². The van der Waals surface area contributed by atoms with Crippen LogP contribution in [-0.2, 0) is 22.6 Å². The lowest BCUT2D eigenvalue weighted by atomic mass is 10.2. The molecule has 0 unspecified atom stereocenters. The van der Waals surface area contributed by atoms with E-state index >= 15 is 0 Å². The van der Waals surface area contributed by atoms with Crippen LogP contribution in [0.5, 0.6) is 5.75 Å². The van der Waals surface area contributed by atoms with Gasteiger partial charge in [-0.05, 0) is 25.5 Å². The molecular formula is C18H21N3O3S. The number of hydrogen-bond acceptors (Lipinski definition) is 5. The first-order chi connectivity index (χ1) is 12.1. The predicted octanol–water partition coefficient (Wildman–Crippen LogP) is 2.00. The smallest absolute Gasteiger partial charge is 0.242 e. The number of benzene rings is 1. The van der Waals surface area contributed by atoms with Gasteiger partial charge in [0.05, 0.1) is 12.1 Å². The summed E-state index contributed by atoms with van der Waals surface area (Å²) in [6.07, 6.45) is 0.981. The van der Waals surface area contributed by atoms with Gasteiger partial charge in [0.2, 0.25) is 11.8 Å². The lowest BCUT2D eigenvalue weighted by molar-refractivity contribution is -0.138. The van der Waals surface area contributed by atoms with Gasteiger partial charge in [0, 0.05) is 18.5 Å². The maximum absolute atomic E-state index is 12.5. The van der Waals surface area contributed by atoms with Crippen molar-refractivity contribution in [2.75, 3.05) is 13.1 Å². The molecule has 0 spiro atoms. The molecule has 1 saturated heterocycles. The molecule has 1 aliphatic heterocycles. The van der Waals surface area contributed by atoms with E-state index in [1.165, 1.54) is 11.3 Å². The number of amides is 2. The predicted molar refractivity (Wildman–Crippen MR) is 95.4 cm³/mol. The van der Waals surface area contributed by atoms with E-state index in [1.54, 1.807) is 11.8 Å². The molecule has 1 fully saturated rings. The molecule has 0 saturated carbocycles. The van der Waals surface area contributed by atoms with Gasteiger partial charge < -0.3 is 15.0 Å². The maximum atomic E-state index is 12.5. The molecular weight excluding hydrogens is 338 g/mol. The van der Waals surface area contributed by atoms with Crippen molar-refractivity contribution in [2.24, 2.45) is 0 Å². The van der Waals surface area contributed by atoms with Gasteiger partial charge in [-0.1, -0.05) is 18.2 Å². The molecule has 0 radical (unpaired) electrons. The first-order valence-electron chi connectivity index (χ1n) is 8.32. The minimum atomic E-state index is -0.436. The lowest BCUT2D eigenvalue weighted by Gasteiger charge is -2.25. The largest absolute Gasteiger partial charge is 0.486 e. The normalized spacial score (nSPS) is 17.7. The molecule has 2 heterocycles. The Morgan fingerprint density at radius 1 is 1.40 bits per heavy atom. The van der Waals surface area contributed by atoms with E-state index in [-0.39, 0.29) is 18.2 Å². The third-order valence-electron chi connectivity index (χ3n) is 4.08. The molecule has 1 aromatic carbocycles. The molecule has 2 aromatic rings. The molecule has 3 rings (SSSR count). The molecule has 0 aliphatic carbocycles. The van der Waals surface area contributed by atoms with Crippen molar-refractivity contribution in [3.63, 3.8) is 0 Å². The number of hydrogen-bond donors (Lipinski definition) is 1. The second-order valence-electron chi connectivity index (χ2n) is 5.92. The zero-order valence-electron chi connectivity index (χ0n) is 14.1. The van der Waals surface area contributed by atoms with Crippen molar-refractivity contribution in [2.45, 2.75) is 32.4 Å². The molecule has 7 heteroatoms. The van der Waals surface area contributed by atoms with E-state index in [4.69, 9.17) is 4.74 Å². The first-order valence-corrected chi connectivity index (χ1v) is 9.20. The van der Waals surface area contributed by atoms with Gasteiger partial charge in [-0.25, -0.2) is 4.98 Å². The monoisotopic (exact) mass is 359 g/mol. The fourth-order valence-electron chi connectivity index (χ4n) is 2.70. The maximum Gasteiger partial charge on any atom is 0.242 e. The van der Waals surface area contributed by atoms with Crippen molar-refractivity contribution in [1.82, 2.24) is 15.2 Å². The van der Waals surface area contributed by atoms with Crippen molar-refractivity contribution in [3.05, 3.63) is 46.4 Å². The van der Waals surface area contributed by atoms with Crippen LogP contribution in [-0.4, -0.2) is 40.8 Å². The highest BCUT2D eigenvalue weighted by Gasteiger charge is 2.27. The van der Waals surface area contributed by atoms with Crippen LogP contribution in [0.1, 0.15) is 24.0 Å². The molecule has 6 nitrogen and oxygen atoms in total. The Labute approximate surface area is 150 Å². The average molecular weight is 359 g/mol. The zero-order valence-corrected chi connectivity index (χ0v) is 14.9. The van der Waals surface area contributed by atoms with Crippen molar-refractivity contribution in [1.29, 1.82) is 0 Å². The van der Waals surface area contributed by atoms with Crippen LogP contribution >= 0.6 is 11.3 Å². The van der Waals surface area contributed by atoms with Crippen LogP contribution in [0.15, 0.2) is 35.7 Å². The highest BCUT2D eigenvalue weighted by atomic mass is 32.1. The third-order valence-corrected chi connectivity index (χ3v) is 4.95. The summed E-state index contributed by atoms with van der Waals surface area (Å²) in [6, 6.07) is 9.12. The summed E-state index contributed by atoms with van der Waals surface area (Å²) >= 11 is 1.48. The molecule has 1 atom stereocenters. The van der Waals surface area contributed by atoms with Crippen LogP contribution in [0, 0.1) is 0 Å². The Kier molecular flexibility index (Phi) is 5.65. The minimum absolute atomic E-state index is 0.0645. The Hall–Kier alpha value is -2.41. The van der Waals surface area contributed by atoms with E-state index < -0.39 is 6.04 Å². The molecule has 1 N–H and O–H groups in total. The molecule has 1 aliphatic rings. The van der Waals surface area contributed by atoms with E-state index in [9.17, 15) is 9.59 Å². The molecule has 25 heavy (non-hydrogen) atoms. The van der Waals surface area contributed by atoms with Gasteiger partial charge >= 0.3 is 0 Å². The highest BCUT2D eigenvalue weighted by molar-refractivity contribution is 7.09. The number of carbonyl (C=O) groups excluding carboxylic acids is 2. The lowest BCUT2D eigenvalue weighted by Crippen LogP contribution is -2.45. The summed E-state index contributed by atoms with van der Waals surface area (Å²) in [5, 5.41) is 5.52. The van der Waals surface area contributed by atoms with Gasteiger partial charge in [-0.15, -0.1) is 11.3 Å². The SMILES string of the molecule is C[C@H]1C(=O)NCCCN1C(=O)Cc1csc(COc2ccccc2)n1. The number of rotatable bonds is 5. The summed E-state index contributed by atoms with van der Waals surface area (Å²) in [5.41, 5.74) is 0.721. The molecule has 0 bridgehead atoms. The summed E-state index contributed by atoms with van der Waals surface area (Å²) in [4.78, 5) is 30.5. The van der Waals surface area contributed by atoms with Crippen LogP contribution in [0.25, 0.3) is 0 Å². The highest BCUT2D eigenvalue weighted by Crippen LogP contribution is 2.16. The summed E-state index contributed by atoms with van der Waals surface area (Å²) in [7, 11) is 0. The Morgan fingerprint density at radius 2 is 2.20 bits per heavy atom. The van der Waals surface area contributed by atoms with E-state index in [1.807, 2.05) is 35.7 Å². The van der Waals surface area contributed by atoms with Crippen molar-refractivity contribution >= 4 is 23.2 Å². The number of nitrogens with one attached hydrogen (secondary N) is 1. The summed E-state index contributed by atoms with van der Waals surface area (Å²) in [6.45, 7) is 3.35. The fraction of sp³-hybridized carbons (Fsp3) is 0.389. The van der Waals surface area contributed by atoms with Crippen molar-refractivity contribution < 1.29 is 14.3 Å². The summed E-state index contributed by atoms with van der Waals surface area (Å²) < 4.78 is 5.67. The summed E-state index contributed by atoms with van der Waals surface area (Å²) in [5.74, 6) is 0.631. The number of carbonyl (C=O) groups is 2. The Morgan fingerprint density at radius 3 is 3.00 bits per heavy atom. The average Bonchev–Trinajstić information content (AvgIpc) is 3.00. The second-order valence-corrected chi connectivity index (χ2v) is 6.86. The zero-order chi connectivity index (χ0) is 17.6. The van der Waals surface area contributed by atoms with Gasteiger partial charge in [-0.3, -0.25) is 9.59 Å². The quantitative estimate of drug-likeness (QED) is 0.886. The minimum Gasteiger partial charge on any atom is -0.486 e. The number of nitrogens with zero attached hydrogens (tertiary/aromatic N) is 2. The number of thiazole rings is 1. The van der Waals surface area contributed by atoms with Crippen LogP contribution in [0.2, 0.25) is 0 Å².